The number of ether oxygens (including phenoxy) is 2. The van der Waals surface area contributed by atoms with Crippen LogP contribution in [0.4, 0.5) is 0 Å². The van der Waals surface area contributed by atoms with Crippen molar-refractivity contribution < 1.29 is 14.6 Å². The summed E-state index contributed by atoms with van der Waals surface area (Å²) >= 11 is 7.46. The van der Waals surface area contributed by atoms with E-state index in [2.05, 4.69) is 10.2 Å². The van der Waals surface area contributed by atoms with Crippen molar-refractivity contribution in [3.05, 3.63) is 64.9 Å². The van der Waals surface area contributed by atoms with Crippen molar-refractivity contribution in [2.75, 3.05) is 12.4 Å². The van der Waals surface area contributed by atoms with Crippen LogP contribution in [0, 0.1) is 11.3 Å². The van der Waals surface area contributed by atoms with Gasteiger partial charge in [-0.15, -0.1) is 10.2 Å². The van der Waals surface area contributed by atoms with E-state index in [-0.39, 0.29) is 13.2 Å². The van der Waals surface area contributed by atoms with E-state index in [1.807, 2.05) is 29.8 Å². The van der Waals surface area contributed by atoms with Gasteiger partial charge >= 0.3 is 0 Å². The van der Waals surface area contributed by atoms with Crippen LogP contribution in [0.3, 0.4) is 0 Å². The summed E-state index contributed by atoms with van der Waals surface area (Å²) in [5, 5.41) is 28.4. The van der Waals surface area contributed by atoms with E-state index >= 15 is 0 Å². The van der Waals surface area contributed by atoms with Gasteiger partial charge in [-0.2, -0.15) is 5.26 Å². The first-order valence-electron chi connectivity index (χ1n) is 8.76. The number of para-hydroxylation sites is 1. The first-order valence-corrected chi connectivity index (χ1v) is 10.1. The number of nitrogens with zero attached hydrogens (tertiary/aromatic N) is 4. The number of nitriles is 1. The van der Waals surface area contributed by atoms with Crippen molar-refractivity contribution >= 4 is 23.4 Å². The number of hydrogen-bond donors (Lipinski definition) is 1. The predicted octanol–water partition coefficient (Wildman–Crippen LogP) is 3.45. The third kappa shape index (κ3) is 5.87. The molecule has 2 aromatic carbocycles. The van der Waals surface area contributed by atoms with E-state index in [9.17, 15) is 5.11 Å². The summed E-state index contributed by atoms with van der Waals surface area (Å²) in [5.74, 6) is 2.23. The monoisotopic (exact) mass is 430 g/mol. The van der Waals surface area contributed by atoms with Gasteiger partial charge in [0.1, 0.15) is 24.7 Å². The molecule has 29 heavy (non-hydrogen) atoms. The highest BCUT2D eigenvalue weighted by molar-refractivity contribution is 7.99. The first kappa shape index (κ1) is 21.0. The zero-order chi connectivity index (χ0) is 20.6. The Kier molecular flexibility index (Phi) is 7.36. The summed E-state index contributed by atoms with van der Waals surface area (Å²) in [6.07, 6.45) is -0.685. The molecule has 7 nitrogen and oxygen atoms in total. The van der Waals surface area contributed by atoms with Gasteiger partial charge in [0.2, 0.25) is 0 Å². The molecule has 150 valence electrons. The molecule has 0 saturated heterocycles. The van der Waals surface area contributed by atoms with Crippen LogP contribution in [-0.2, 0) is 13.7 Å². The van der Waals surface area contributed by atoms with Crippen molar-refractivity contribution in [3.8, 4) is 17.6 Å². The lowest BCUT2D eigenvalue weighted by molar-refractivity contribution is 0.126. The minimum atomic E-state index is -0.685. The second-order valence-electron chi connectivity index (χ2n) is 6.09. The fourth-order valence-electron chi connectivity index (χ4n) is 2.34. The Balaban J connectivity index is 1.46. The van der Waals surface area contributed by atoms with E-state index in [0.717, 1.165) is 0 Å². The first-order chi connectivity index (χ1) is 14.1. The van der Waals surface area contributed by atoms with Crippen LogP contribution in [0.5, 0.6) is 11.5 Å². The Morgan fingerprint density at radius 2 is 1.93 bits per heavy atom. The van der Waals surface area contributed by atoms with Crippen LogP contribution in [0.1, 0.15) is 11.4 Å². The summed E-state index contributed by atoms with van der Waals surface area (Å²) in [6, 6.07) is 16.0. The summed E-state index contributed by atoms with van der Waals surface area (Å²) in [5.41, 5.74) is 0.560. The molecule has 3 aromatic rings. The van der Waals surface area contributed by atoms with Gasteiger partial charge in [0.05, 0.1) is 22.8 Å². The lowest BCUT2D eigenvalue weighted by atomic mass is 10.2. The average Bonchev–Trinajstić information content (AvgIpc) is 3.10. The number of benzene rings is 2. The Labute approximate surface area is 177 Å². The van der Waals surface area contributed by atoms with Crippen LogP contribution in [0.2, 0.25) is 5.02 Å². The highest BCUT2D eigenvalue weighted by Gasteiger charge is 2.13. The van der Waals surface area contributed by atoms with E-state index in [0.29, 0.717) is 38.8 Å². The second kappa shape index (κ2) is 10.2. The maximum absolute atomic E-state index is 10.2. The normalized spacial score (nSPS) is 11.7. The number of aliphatic hydroxyl groups excluding tert-OH is 1. The number of aliphatic hydroxyl groups is 1. The van der Waals surface area contributed by atoms with Crippen LogP contribution in [-0.4, -0.2) is 38.3 Å². The van der Waals surface area contributed by atoms with Crippen LogP contribution in [0.15, 0.2) is 53.7 Å². The number of rotatable bonds is 9. The van der Waals surface area contributed by atoms with Gasteiger partial charge in [0.15, 0.2) is 11.0 Å². The summed E-state index contributed by atoms with van der Waals surface area (Å²) in [6.45, 7) is 0.372. The number of thioether (sulfide) groups is 1. The van der Waals surface area contributed by atoms with Crippen molar-refractivity contribution in [3.63, 3.8) is 0 Å². The van der Waals surface area contributed by atoms with E-state index in [1.165, 1.54) is 11.8 Å². The standard InChI is InChI=1S/C20H19ClN4O3S/c1-25-19(12-28-18-5-3-2-4-17(18)21)23-24-20(25)29-13-15(26)11-27-16-8-6-14(10-22)7-9-16/h2-9,15,26H,11-13H2,1H3. The van der Waals surface area contributed by atoms with Gasteiger partial charge in [-0.25, -0.2) is 0 Å². The predicted molar refractivity (Wildman–Crippen MR) is 110 cm³/mol. The Morgan fingerprint density at radius 3 is 2.66 bits per heavy atom. The van der Waals surface area contributed by atoms with E-state index in [1.54, 1.807) is 36.4 Å². The highest BCUT2D eigenvalue weighted by Crippen LogP contribution is 2.24. The number of aromatic nitrogens is 3. The smallest absolute Gasteiger partial charge is 0.191 e. The average molecular weight is 431 g/mol. The van der Waals surface area contributed by atoms with Gasteiger partial charge in [0, 0.05) is 12.8 Å². The lowest BCUT2D eigenvalue weighted by Gasteiger charge is -2.12. The molecule has 0 radical (unpaired) electrons. The Hall–Kier alpha value is -2.73. The molecule has 0 spiro atoms. The molecular weight excluding hydrogens is 412 g/mol. The maximum Gasteiger partial charge on any atom is 0.191 e. The molecule has 0 aliphatic heterocycles. The molecule has 0 bridgehead atoms. The highest BCUT2D eigenvalue weighted by atomic mass is 35.5. The van der Waals surface area contributed by atoms with Gasteiger partial charge in [-0.05, 0) is 36.4 Å². The molecule has 0 aliphatic carbocycles. The van der Waals surface area contributed by atoms with Crippen molar-refractivity contribution in [2.45, 2.75) is 17.9 Å². The van der Waals surface area contributed by atoms with Gasteiger partial charge in [0.25, 0.3) is 0 Å². The molecule has 0 amide bonds. The number of hydrogen-bond acceptors (Lipinski definition) is 7. The quantitative estimate of drug-likeness (QED) is 0.519. The fourth-order valence-corrected chi connectivity index (χ4v) is 3.36. The van der Waals surface area contributed by atoms with Crippen LogP contribution < -0.4 is 9.47 Å². The number of halogens is 1. The molecule has 0 fully saturated rings. The minimum Gasteiger partial charge on any atom is -0.491 e. The SMILES string of the molecule is Cn1c(COc2ccccc2Cl)nnc1SCC(O)COc1ccc(C#N)cc1. The molecule has 1 heterocycles. The Morgan fingerprint density at radius 1 is 1.17 bits per heavy atom. The van der Waals surface area contributed by atoms with E-state index < -0.39 is 6.10 Å². The summed E-state index contributed by atoms with van der Waals surface area (Å²) in [7, 11) is 1.84. The molecule has 9 heteroatoms. The molecule has 1 aromatic heterocycles. The minimum absolute atomic E-state index is 0.138. The van der Waals surface area contributed by atoms with Crippen LogP contribution in [0.25, 0.3) is 0 Å². The molecular formula is C20H19ClN4O3S. The van der Waals surface area contributed by atoms with Gasteiger partial charge in [-0.1, -0.05) is 35.5 Å². The molecule has 1 atom stereocenters. The lowest BCUT2D eigenvalue weighted by Crippen LogP contribution is -2.20. The third-order valence-electron chi connectivity index (χ3n) is 3.95. The maximum atomic E-state index is 10.2. The molecule has 1 unspecified atom stereocenters. The van der Waals surface area contributed by atoms with Crippen molar-refractivity contribution in [2.24, 2.45) is 7.05 Å². The van der Waals surface area contributed by atoms with E-state index in [4.69, 9.17) is 26.3 Å². The van der Waals surface area contributed by atoms with Gasteiger partial charge < -0.3 is 19.1 Å². The topological polar surface area (TPSA) is 93.2 Å². The molecule has 3 rings (SSSR count). The molecule has 0 aliphatic rings. The van der Waals surface area contributed by atoms with Crippen molar-refractivity contribution in [1.29, 1.82) is 5.26 Å². The largest absolute Gasteiger partial charge is 0.491 e. The van der Waals surface area contributed by atoms with Gasteiger partial charge in [-0.3, -0.25) is 0 Å². The van der Waals surface area contributed by atoms with Crippen molar-refractivity contribution in [1.82, 2.24) is 14.8 Å². The molecule has 0 saturated carbocycles. The zero-order valence-corrected chi connectivity index (χ0v) is 17.2. The van der Waals surface area contributed by atoms with Crippen LogP contribution >= 0.6 is 23.4 Å². The second-order valence-corrected chi connectivity index (χ2v) is 7.48. The zero-order valence-electron chi connectivity index (χ0n) is 15.7. The Bertz CT molecular complexity index is 988. The molecule has 1 N–H and O–H groups in total. The summed E-state index contributed by atoms with van der Waals surface area (Å²) in [4.78, 5) is 0. The fraction of sp³-hybridized carbons (Fsp3) is 0.250. The third-order valence-corrected chi connectivity index (χ3v) is 5.43. The summed E-state index contributed by atoms with van der Waals surface area (Å²) < 4.78 is 13.0.